The van der Waals surface area contributed by atoms with Crippen molar-refractivity contribution in [1.82, 2.24) is 9.47 Å². The summed E-state index contributed by atoms with van der Waals surface area (Å²) in [6, 6.07) is 9.64. The van der Waals surface area contributed by atoms with Crippen molar-refractivity contribution in [2.24, 2.45) is 0 Å². The van der Waals surface area contributed by atoms with E-state index in [9.17, 15) is 9.59 Å². The van der Waals surface area contributed by atoms with Crippen LogP contribution in [0.5, 0.6) is 0 Å². The first kappa shape index (κ1) is 19.3. The van der Waals surface area contributed by atoms with E-state index in [4.69, 9.17) is 4.74 Å². The topological polar surface area (TPSA) is 63.6 Å². The van der Waals surface area contributed by atoms with E-state index in [1.807, 2.05) is 51.1 Å². The Hall–Kier alpha value is -2.44. The highest BCUT2D eigenvalue weighted by Crippen LogP contribution is 2.19. The zero-order valence-electron chi connectivity index (χ0n) is 16.2. The summed E-state index contributed by atoms with van der Waals surface area (Å²) in [5, 5.41) is 2.96. The van der Waals surface area contributed by atoms with Gasteiger partial charge in [-0.3, -0.25) is 14.5 Å². The van der Waals surface area contributed by atoms with Crippen LogP contribution in [0.2, 0.25) is 0 Å². The average molecular weight is 369 g/mol. The van der Waals surface area contributed by atoms with Crippen LogP contribution in [-0.4, -0.2) is 41.7 Å². The van der Waals surface area contributed by atoms with Gasteiger partial charge in [-0.1, -0.05) is 18.2 Å². The van der Waals surface area contributed by atoms with Gasteiger partial charge < -0.3 is 14.6 Å². The molecule has 1 fully saturated rings. The number of benzene rings is 1. The Kier molecular flexibility index (Phi) is 6.08. The molecule has 1 aliphatic heterocycles. The quantitative estimate of drug-likeness (QED) is 0.880. The molecule has 2 heterocycles. The van der Waals surface area contributed by atoms with Gasteiger partial charge in [0.1, 0.15) is 5.56 Å². The molecular formula is C21H27N3O3. The van der Waals surface area contributed by atoms with Crippen LogP contribution < -0.4 is 10.9 Å². The van der Waals surface area contributed by atoms with Gasteiger partial charge in [0, 0.05) is 37.6 Å². The van der Waals surface area contributed by atoms with E-state index in [0.717, 1.165) is 49.8 Å². The highest BCUT2D eigenvalue weighted by molar-refractivity contribution is 6.05. The molecule has 3 rings (SSSR count). The number of hydrogen-bond acceptors (Lipinski definition) is 4. The fourth-order valence-corrected chi connectivity index (χ4v) is 3.56. The molecule has 144 valence electrons. The highest BCUT2D eigenvalue weighted by atomic mass is 16.5. The van der Waals surface area contributed by atoms with Crippen LogP contribution >= 0.6 is 0 Å². The van der Waals surface area contributed by atoms with Crippen molar-refractivity contribution in [1.29, 1.82) is 0 Å². The molecule has 0 spiro atoms. The predicted octanol–water partition coefficient (Wildman–Crippen LogP) is 2.57. The molecule has 0 saturated carbocycles. The van der Waals surface area contributed by atoms with Crippen molar-refractivity contribution >= 4 is 11.6 Å². The second-order valence-corrected chi connectivity index (χ2v) is 6.89. The van der Waals surface area contributed by atoms with Crippen LogP contribution in [0, 0.1) is 13.8 Å². The normalized spacial score (nSPS) is 14.9. The van der Waals surface area contributed by atoms with E-state index in [1.54, 1.807) is 4.57 Å². The zero-order valence-corrected chi connectivity index (χ0v) is 16.2. The van der Waals surface area contributed by atoms with Gasteiger partial charge in [0.25, 0.3) is 11.5 Å². The molecule has 6 nitrogen and oxygen atoms in total. The smallest absolute Gasteiger partial charge is 0.263 e. The fourth-order valence-electron chi connectivity index (χ4n) is 3.56. The maximum Gasteiger partial charge on any atom is 0.263 e. The highest BCUT2D eigenvalue weighted by Gasteiger charge is 2.19. The number of amides is 1. The number of carbonyl (C=O) groups excluding carboxylic acids is 1. The Labute approximate surface area is 159 Å². The van der Waals surface area contributed by atoms with Gasteiger partial charge in [-0.25, -0.2) is 0 Å². The molecule has 1 amide bonds. The molecule has 0 unspecified atom stereocenters. The van der Waals surface area contributed by atoms with Crippen molar-refractivity contribution < 1.29 is 9.53 Å². The number of ether oxygens (including phenoxy) is 1. The third-order valence-electron chi connectivity index (χ3n) is 5.01. The summed E-state index contributed by atoms with van der Waals surface area (Å²) in [5.74, 6) is -0.353. The Morgan fingerprint density at radius 3 is 2.59 bits per heavy atom. The van der Waals surface area contributed by atoms with Gasteiger partial charge in [-0.2, -0.15) is 0 Å². The van der Waals surface area contributed by atoms with E-state index in [-0.39, 0.29) is 17.0 Å². The minimum Gasteiger partial charge on any atom is -0.379 e. The first-order valence-corrected chi connectivity index (χ1v) is 9.41. The van der Waals surface area contributed by atoms with Crippen molar-refractivity contribution in [2.45, 2.75) is 33.9 Å². The minimum absolute atomic E-state index is 0.212. The summed E-state index contributed by atoms with van der Waals surface area (Å²) >= 11 is 0. The van der Waals surface area contributed by atoms with E-state index < -0.39 is 0 Å². The van der Waals surface area contributed by atoms with Crippen LogP contribution in [0.15, 0.2) is 35.1 Å². The van der Waals surface area contributed by atoms with Crippen molar-refractivity contribution in [3.05, 3.63) is 63.1 Å². The second kappa shape index (κ2) is 8.50. The Morgan fingerprint density at radius 2 is 1.89 bits per heavy atom. The molecule has 1 saturated heterocycles. The summed E-state index contributed by atoms with van der Waals surface area (Å²) < 4.78 is 7.03. The molecular weight excluding hydrogens is 342 g/mol. The summed E-state index contributed by atoms with van der Waals surface area (Å²) in [6.45, 7) is 10.1. The van der Waals surface area contributed by atoms with Gasteiger partial charge in [-0.05, 0) is 44.0 Å². The third-order valence-corrected chi connectivity index (χ3v) is 5.01. The molecule has 6 heteroatoms. The largest absolute Gasteiger partial charge is 0.379 e. The minimum atomic E-state index is -0.353. The lowest BCUT2D eigenvalue weighted by Crippen LogP contribution is -2.36. The average Bonchev–Trinajstić information content (AvgIpc) is 2.64. The van der Waals surface area contributed by atoms with E-state index in [2.05, 4.69) is 10.2 Å². The number of anilines is 1. The number of nitrogens with zero attached hydrogens (tertiary/aromatic N) is 2. The van der Waals surface area contributed by atoms with Gasteiger partial charge in [0.2, 0.25) is 0 Å². The van der Waals surface area contributed by atoms with Crippen LogP contribution in [0.25, 0.3) is 0 Å². The van der Waals surface area contributed by atoms with Gasteiger partial charge in [-0.15, -0.1) is 0 Å². The number of carbonyl (C=O) groups is 1. The van der Waals surface area contributed by atoms with Crippen molar-refractivity contribution in [2.75, 3.05) is 31.6 Å². The standard InChI is InChI=1S/C21H27N3O3/c1-4-24-16(3)13-15(2)19(21(24)26)20(25)22-18-8-6-5-7-17(18)14-23-9-11-27-12-10-23/h5-8,13H,4,9-12,14H2,1-3H3,(H,22,25). The number of para-hydroxylation sites is 1. The summed E-state index contributed by atoms with van der Waals surface area (Å²) in [6.07, 6.45) is 0. The molecule has 1 aliphatic rings. The molecule has 0 radical (unpaired) electrons. The van der Waals surface area contributed by atoms with E-state index >= 15 is 0 Å². The van der Waals surface area contributed by atoms with Gasteiger partial charge >= 0.3 is 0 Å². The predicted molar refractivity (Wildman–Crippen MR) is 106 cm³/mol. The van der Waals surface area contributed by atoms with Crippen LogP contribution in [-0.2, 0) is 17.8 Å². The van der Waals surface area contributed by atoms with Crippen LogP contribution in [0.3, 0.4) is 0 Å². The monoisotopic (exact) mass is 369 g/mol. The first-order valence-electron chi connectivity index (χ1n) is 9.41. The first-order chi connectivity index (χ1) is 13.0. The van der Waals surface area contributed by atoms with Crippen LogP contribution in [0.1, 0.15) is 34.1 Å². The number of pyridine rings is 1. The second-order valence-electron chi connectivity index (χ2n) is 6.89. The molecule has 0 bridgehead atoms. The molecule has 27 heavy (non-hydrogen) atoms. The Morgan fingerprint density at radius 1 is 1.19 bits per heavy atom. The Balaban J connectivity index is 1.86. The third kappa shape index (κ3) is 4.28. The van der Waals surface area contributed by atoms with Gasteiger partial charge in [0.05, 0.1) is 13.2 Å². The van der Waals surface area contributed by atoms with Crippen LogP contribution in [0.4, 0.5) is 5.69 Å². The maximum absolute atomic E-state index is 12.9. The molecule has 1 N–H and O–H groups in total. The molecule has 2 aromatic rings. The van der Waals surface area contributed by atoms with Gasteiger partial charge in [0.15, 0.2) is 0 Å². The lowest BCUT2D eigenvalue weighted by atomic mass is 10.1. The number of hydrogen-bond donors (Lipinski definition) is 1. The lowest BCUT2D eigenvalue weighted by molar-refractivity contribution is 0.0342. The number of aromatic nitrogens is 1. The summed E-state index contributed by atoms with van der Waals surface area (Å²) in [4.78, 5) is 28.0. The number of morpholine rings is 1. The molecule has 0 atom stereocenters. The number of rotatable bonds is 5. The maximum atomic E-state index is 12.9. The van der Waals surface area contributed by atoms with E-state index in [0.29, 0.717) is 12.1 Å². The molecule has 1 aromatic heterocycles. The van der Waals surface area contributed by atoms with E-state index in [1.165, 1.54) is 0 Å². The Bertz CT molecular complexity index is 883. The SMILES string of the molecule is CCn1c(C)cc(C)c(C(=O)Nc2ccccc2CN2CCOCC2)c1=O. The fraction of sp³-hybridized carbons (Fsp3) is 0.429. The number of aryl methyl sites for hydroxylation is 2. The van der Waals surface area contributed by atoms with Crippen molar-refractivity contribution in [3.8, 4) is 0 Å². The molecule has 0 aliphatic carbocycles. The summed E-state index contributed by atoms with van der Waals surface area (Å²) in [7, 11) is 0. The van der Waals surface area contributed by atoms with Crippen molar-refractivity contribution in [3.63, 3.8) is 0 Å². The summed E-state index contributed by atoms with van der Waals surface area (Å²) in [5.41, 5.74) is 3.32. The molecule has 1 aromatic carbocycles. The number of nitrogens with one attached hydrogen (secondary N) is 1. The lowest BCUT2D eigenvalue weighted by Gasteiger charge is -2.27. The zero-order chi connectivity index (χ0) is 19.4.